The first-order chi connectivity index (χ1) is 8.78. The molecule has 90 valence electrons. The topological polar surface area (TPSA) is 22.1 Å². The Morgan fingerprint density at radius 3 is 2.61 bits per heavy atom. The van der Waals surface area contributed by atoms with E-state index >= 15 is 0 Å². The summed E-state index contributed by atoms with van der Waals surface area (Å²) in [6, 6.07) is 12.2. The van der Waals surface area contributed by atoms with E-state index in [2.05, 4.69) is 4.98 Å². The largest absolute Gasteiger partial charge is 0.494 e. The van der Waals surface area contributed by atoms with Gasteiger partial charge in [0.1, 0.15) is 22.1 Å². The number of hydrogen-bond acceptors (Lipinski definition) is 3. The number of ether oxygens (including phenoxy) is 1. The SMILES string of the molecule is COc1cccc2sc(-c3ccc(F)cc3)nc12. The fraction of sp³-hybridized carbons (Fsp3) is 0.0714. The van der Waals surface area contributed by atoms with Gasteiger partial charge < -0.3 is 4.74 Å². The highest BCUT2D eigenvalue weighted by Gasteiger charge is 2.09. The Morgan fingerprint density at radius 2 is 1.89 bits per heavy atom. The van der Waals surface area contributed by atoms with Crippen LogP contribution in [0.2, 0.25) is 0 Å². The molecule has 0 aliphatic carbocycles. The van der Waals surface area contributed by atoms with Crippen molar-refractivity contribution in [3.8, 4) is 16.3 Å². The maximum absolute atomic E-state index is 12.9. The van der Waals surface area contributed by atoms with Gasteiger partial charge in [-0.2, -0.15) is 0 Å². The molecule has 0 bridgehead atoms. The van der Waals surface area contributed by atoms with E-state index in [1.165, 1.54) is 12.1 Å². The third-order valence-corrected chi connectivity index (χ3v) is 3.76. The Labute approximate surface area is 108 Å². The van der Waals surface area contributed by atoms with Gasteiger partial charge in [0, 0.05) is 5.56 Å². The highest BCUT2D eigenvalue weighted by molar-refractivity contribution is 7.21. The zero-order valence-electron chi connectivity index (χ0n) is 9.68. The molecule has 0 unspecified atom stereocenters. The molecule has 3 aromatic rings. The van der Waals surface area contributed by atoms with E-state index in [1.807, 2.05) is 18.2 Å². The molecule has 1 aromatic heterocycles. The van der Waals surface area contributed by atoms with Gasteiger partial charge in [-0.25, -0.2) is 9.37 Å². The van der Waals surface area contributed by atoms with E-state index in [1.54, 1.807) is 30.6 Å². The molecule has 0 atom stereocenters. The Balaban J connectivity index is 2.16. The van der Waals surface area contributed by atoms with E-state index in [9.17, 15) is 4.39 Å². The van der Waals surface area contributed by atoms with E-state index in [4.69, 9.17) is 4.74 Å². The molecule has 0 aliphatic heterocycles. The van der Waals surface area contributed by atoms with Gasteiger partial charge in [-0.3, -0.25) is 0 Å². The Bertz CT molecular complexity index is 691. The first kappa shape index (κ1) is 11.2. The molecule has 0 saturated heterocycles. The second-order valence-corrected chi connectivity index (χ2v) is 4.86. The van der Waals surface area contributed by atoms with Crippen molar-refractivity contribution in [3.63, 3.8) is 0 Å². The zero-order chi connectivity index (χ0) is 12.5. The van der Waals surface area contributed by atoms with Crippen LogP contribution in [-0.2, 0) is 0 Å². The molecule has 3 rings (SSSR count). The zero-order valence-corrected chi connectivity index (χ0v) is 10.5. The van der Waals surface area contributed by atoms with Gasteiger partial charge in [-0.1, -0.05) is 6.07 Å². The third kappa shape index (κ3) is 1.84. The number of halogens is 1. The molecule has 0 fully saturated rings. The van der Waals surface area contributed by atoms with Crippen molar-refractivity contribution in [2.75, 3.05) is 7.11 Å². The highest BCUT2D eigenvalue weighted by Crippen LogP contribution is 2.34. The van der Waals surface area contributed by atoms with E-state index in [-0.39, 0.29) is 5.82 Å². The highest BCUT2D eigenvalue weighted by atomic mass is 32.1. The first-order valence-corrected chi connectivity index (χ1v) is 6.29. The van der Waals surface area contributed by atoms with Crippen molar-refractivity contribution in [2.45, 2.75) is 0 Å². The van der Waals surface area contributed by atoms with Crippen molar-refractivity contribution in [1.82, 2.24) is 4.98 Å². The van der Waals surface area contributed by atoms with Crippen LogP contribution >= 0.6 is 11.3 Å². The summed E-state index contributed by atoms with van der Waals surface area (Å²) in [6.45, 7) is 0. The molecule has 2 aromatic carbocycles. The molecule has 0 amide bonds. The number of rotatable bonds is 2. The van der Waals surface area contributed by atoms with Crippen LogP contribution in [0, 0.1) is 5.82 Å². The van der Waals surface area contributed by atoms with Gasteiger partial charge in [-0.15, -0.1) is 11.3 Å². The lowest BCUT2D eigenvalue weighted by atomic mass is 10.2. The molecule has 4 heteroatoms. The Morgan fingerprint density at radius 1 is 1.11 bits per heavy atom. The molecule has 18 heavy (non-hydrogen) atoms. The van der Waals surface area contributed by atoms with Crippen LogP contribution in [0.25, 0.3) is 20.8 Å². The normalized spacial score (nSPS) is 10.8. The van der Waals surface area contributed by atoms with E-state index < -0.39 is 0 Å². The summed E-state index contributed by atoms with van der Waals surface area (Å²) in [6.07, 6.45) is 0. The van der Waals surface area contributed by atoms with Crippen molar-refractivity contribution < 1.29 is 9.13 Å². The lowest BCUT2D eigenvalue weighted by molar-refractivity contribution is 0.419. The smallest absolute Gasteiger partial charge is 0.145 e. The van der Waals surface area contributed by atoms with E-state index in [0.717, 1.165) is 26.5 Å². The lowest BCUT2D eigenvalue weighted by Crippen LogP contribution is -1.83. The summed E-state index contributed by atoms with van der Waals surface area (Å²) in [5.41, 5.74) is 1.77. The molecule has 0 spiro atoms. The molecular weight excluding hydrogens is 249 g/mol. The second kappa shape index (κ2) is 4.38. The molecule has 0 radical (unpaired) electrons. The lowest BCUT2D eigenvalue weighted by Gasteiger charge is -1.98. The van der Waals surface area contributed by atoms with Crippen molar-refractivity contribution in [1.29, 1.82) is 0 Å². The van der Waals surface area contributed by atoms with Crippen LogP contribution in [-0.4, -0.2) is 12.1 Å². The predicted molar refractivity (Wildman–Crippen MR) is 71.6 cm³/mol. The Kier molecular flexibility index (Phi) is 2.72. The second-order valence-electron chi connectivity index (χ2n) is 3.83. The average molecular weight is 259 g/mol. The molecule has 2 nitrogen and oxygen atoms in total. The molecule has 1 heterocycles. The van der Waals surface area contributed by atoms with Gasteiger partial charge >= 0.3 is 0 Å². The van der Waals surface area contributed by atoms with Crippen molar-refractivity contribution >= 4 is 21.6 Å². The van der Waals surface area contributed by atoms with Gasteiger partial charge in [-0.05, 0) is 36.4 Å². The maximum Gasteiger partial charge on any atom is 0.145 e. The van der Waals surface area contributed by atoms with Crippen molar-refractivity contribution in [3.05, 3.63) is 48.3 Å². The summed E-state index contributed by atoms with van der Waals surface area (Å²) >= 11 is 1.57. The van der Waals surface area contributed by atoms with Crippen molar-refractivity contribution in [2.24, 2.45) is 0 Å². The maximum atomic E-state index is 12.9. The number of methoxy groups -OCH3 is 1. The van der Waals surface area contributed by atoms with Gasteiger partial charge in [0.05, 0.1) is 11.8 Å². The summed E-state index contributed by atoms with van der Waals surface area (Å²) in [7, 11) is 1.63. The number of thiazole rings is 1. The summed E-state index contributed by atoms with van der Waals surface area (Å²) in [5, 5.41) is 0.870. The number of para-hydroxylation sites is 1. The fourth-order valence-electron chi connectivity index (χ4n) is 1.80. The van der Waals surface area contributed by atoms with Crippen LogP contribution in [0.5, 0.6) is 5.75 Å². The number of benzene rings is 2. The monoisotopic (exact) mass is 259 g/mol. The van der Waals surface area contributed by atoms with Gasteiger partial charge in [0.25, 0.3) is 0 Å². The number of aromatic nitrogens is 1. The Hall–Kier alpha value is -1.94. The summed E-state index contributed by atoms with van der Waals surface area (Å²) < 4.78 is 19.2. The number of fused-ring (bicyclic) bond motifs is 1. The standard InChI is InChI=1S/C14H10FNOS/c1-17-11-3-2-4-12-13(11)16-14(18-12)9-5-7-10(15)8-6-9/h2-8H,1H3. The van der Waals surface area contributed by atoms with Gasteiger partial charge in [0.15, 0.2) is 0 Å². The predicted octanol–water partition coefficient (Wildman–Crippen LogP) is 4.11. The van der Waals surface area contributed by atoms with Crippen LogP contribution in [0.3, 0.4) is 0 Å². The molecule has 0 saturated carbocycles. The van der Waals surface area contributed by atoms with E-state index in [0.29, 0.717) is 0 Å². The van der Waals surface area contributed by atoms with Gasteiger partial charge in [0.2, 0.25) is 0 Å². The van der Waals surface area contributed by atoms with Crippen LogP contribution in [0.4, 0.5) is 4.39 Å². The number of nitrogens with zero attached hydrogens (tertiary/aromatic N) is 1. The summed E-state index contributed by atoms with van der Waals surface area (Å²) in [5.74, 6) is 0.523. The van der Waals surface area contributed by atoms with Crippen LogP contribution in [0.1, 0.15) is 0 Å². The molecular formula is C14H10FNOS. The summed E-state index contributed by atoms with van der Waals surface area (Å²) in [4.78, 5) is 4.55. The van der Waals surface area contributed by atoms with Crippen LogP contribution in [0.15, 0.2) is 42.5 Å². The molecule has 0 aliphatic rings. The minimum absolute atomic E-state index is 0.238. The minimum Gasteiger partial charge on any atom is -0.494 e. The van der Waals surface area contributed by atoms with Crippen LogP contribution < -0.4 is 4.74 Å². The fourth-order valence-corrected chi connectivity index (χ4v) is 2.79. The first-order valence-electron chi connectivity index (χ1n) is 5.47. The number of hydrogen-bond donors (Lipinski definition) is 0. The minimum atomic E-state index is -0.238. The average Bonchev–Trinajstić information content (AvgIpc) is 2.83. The molecule has 0 N–H and O–H groups in total. The quantitative estimate of drug-likeness (QED) is 0.691. The third-order valence-electron chi connectivity index (χ3n) is 2.69.